The molecule has 2 N–H and O–H groups in total. The monoisotopic (exact) mass is 250 g/mol. The van der Waals surface area contributed by atoms with Gasteiger partial charge in [-0.3, -0.25) is 0 Å². The minimum atomic E-state index is 0.0116. The smallest absolute Gasteiger partial charge is 0.111 e. The van der Waals surface area contributed by atoms with Gasteiger partial charge in [-0.1, -0.05) is 19.1 Å². The summed E-state index contributed by atoms with van der Waals surface area (Å²) in [7, 11) is 1.72. The number of fused-ring (bicyclic) bond motifs is 1. The van der Waals surface area contributed by atoms with E-state index in [9.17, 15) is 0 Å². The van der Waals surface area contributed by atoms with Gasteiger partial charge >= 0.3 is 0 Å². The molecule has 0 amide bonds. The van der Waals surface area contributed by atoms with Crippen LogP contribution in [0.15, 0.2) is 24.3 Å². The molecular formula is C13H18N2OS. The maximum Gasteiger partial charge on any atom is 0.111 e. The number of para-hydroxylation sites is 1. The Morgan fingerprint density at radius 3 is 2.88 bits per heavy atom. The van der Waals surface area contributed by atoms with Crippen molar-refractivity contribution >= 4 is 21.6 Å². The van der Waals surface area contributed by atoms with Crippen LogP contribution in [0.3, 0.4) is 0 Å². The Balaban J connectivity index is 2.10. The average molecular weight is 250 g/mol. The summed E-state index contributed by atoms with van der Waals surface area (Å²) in [4.78, 5) is 4.58. The fourth-order valence-corrected chi connectivity index (χ4v) is 2.92. The number of nitrogens with zero attached hydrogens (tertiary/aromatic N) is 1. The summed E-state index contributed by atoms with van der Waals surface area (Å²) in [6, 6.07) is 8.16. The van der Waals surface area contributed by atoms with Gasteiger partial charge < -0.3 is 10.5 Å². The van der Waals surface area contributed by atoms with Gasteiger partial charge in [0.1, 0.15) is 5.01 Å². The van der Waals surface area contributed by atoms with Gasteiger partial charge in [0.2, 0.25) is 0 Å². The summed E-state index contributed by atoms with van der Waals surface area (Å²) in [6.07, 6.45) is 0.910. The Morgan fingerprint density at radius 1 is 1.41 bits per heavy atom. The minimum absolute atomic E-state index is 0.0116. The largest absolute Gasteiger partial charge is 0.384 e. The molecule has 0 aliphatic heterocycles. The van der Waals surface area contributed by atoms with Crippen molar-refractivity contribution in [2.45, 2.75) is 19.4 Å². The second-order valence-corrected chi connectivity index (χ2v) is 5.48. The summed E-state index contributed by atoms with van der Waals surface area (Å²) in [5, 5.41) is 1.02. The molecule has 0 radical (unpaired) electrons. The van der Waals surface area contributed by atoms with Crippen molar-refractivity contribution in [1.82, 2.24) is 4.98 Å². The molecule has 17 heavy (non-hydrogen) atoms. The lowest BCUT2D eigenvalue weighted by molar-refractivity contribution is 0.152. The molecule has 0 fully saturated rings. The van der Waals surface area contributed by atoms with Crippen LogP contribution in [-0.2, 0) is 4.74 Å². The molecule has 1 aromatic carbocycles. The first-order valence-electron chi connectivity index (χ1n) is 5.80. The van der Waals surface area contributed by atoms with Crippen LogP contribution in [0.4, 0.5) is 0 Å². The Morgan fingerprint density at radius 2 is 2.18 bits per heavy atom. The van der Waals surface area contributed by atoms with E-state index in [1.807, 2.05) is 18.2 Å². The van der Waals surface area contributed by atoms with Crippen LogP contribution in [0.25, 0.3) is 10.2 Å². The third-order valence-electron chi connectivity index (χ3n) is 2.74. The first-order chi connectivity index (χ1) is 8.20. The molecule has 2 atom stereocenters. The number of methoxy groups -OCH3 is 1. The normalized spacial score (nSPS) is 15.0. The third-order valence-corrected chi connectivity index (χ3v) is 3.90. The molecule has 2 aromatic rings. The highest BCUT2D eigenvalue weighted by Crippen LogP contribution is 2.28. The summed E-state index contributed by atoms with van der Waals surface area (Å²) in [5.41, 5.74) is 7.23. The van der Waals surface area contributed by atoms with Crippen molar-refractivity contribution in [3.63, 3.8) is 0 Å². The predicted molar refractivity (Wildman–Crippen MR) is 72.2 cm³/mol. The Labute approximate surface area is 106 Å². The van der Waals surface area contributed by atoms with Crippen LogP contribution in [-0.4, -0.2) is 18.7 Å². The molecule has 0 spiro atoms. The number of nitrogens with two attached hydrogens (primary N) is 1. The topological polar surface area (TPSA) is 48.1 Å². The fraction of sp³-hybridized carbons (Fsp3) is 0.462. The van der Waals surface area contributed by atoms with E-state index in [0.717, 1.165) is 23.6 Å². The van der Waals surface area contributed by atoms with Gasteiger partial charge in [-0.25, -0.2) is 4.98 Å². The minimum Gasteiger partial charge on any atom is -0.384 e. The van der Waals surface area contributed by atoms with Crippen LogP contribution in [0.2, 0.25) is 0 Å². The number of hydrogen-bond acceptors (Lipinski definition) is 4. The Kier molecular flexibility index (Phi) is 4.10. The van der Waals surface area contributed by atoms with Crippen LogP contribution in [0.5, 0.6) is 0 Å². The zero-order chi connectivity index (χ0) is 12.3. The van der Waals surface area contributed by atoms with Gasteiger partial charge in [-0.15, -0.1) is 11.3 Å². The first-order valence-corrected chi connectivity index (χ1v) is 6.62. The van der Waals surface area contributed by atoms with Crippen molar-refractivity contribution in [3.8, 4) is 0 Å². The molecule has 92 valence electrons. The van der Waals surface area contributed by atoms with Crippen LogP contribution in [0.1, 0.15) is 24.4 Å². The van der Waals surface area contributed by atoms with Crippen molar-refractivity contribution < 1.29 is 4.74 Å². The summed E-state index contributed by atoms with van der Waals surface area (Å²) in [6.45, 7) is 2.90. The number of aromatic nitrogens is 1. The van der Waals surface area contributed by atoms with E-state index < -0.39 is 0 Å². The lowest BCUT2D eigenvalue weighted by atomic mass is 10.0. The third kappa shape index (κ3) is 3.03. The summed E-state index contributed by atoms with van der Waals surface area (Å²) < 4.78 is 6.33. The summed E-state index contributed by atoms with van der Waals surface area (Å²) in [5.74, 6) is 0.460. The van der Waals surface area contributed by atoms with Gasteiger partial charge in [0.05, 0.1) is 16.3 Å². The van der Waals surface area contributed by atoms with Crippen molar-refractivity contribution in [2.24, 2.45) is 11.7 Å². The molecule has 4 heteroatoms. The molecule has 2 unspecified atom stereocenters. The van der Waals surface area contributed by atoms with E-state index in [1.165, 1.54) is 4.70 Å². The average Bonchev–Trinajstić information content (AvgIpc) is 2.72. The molecular weight excluding hydrogens is 232 g/mol. The maximum absolute atomic E-state index is 6.18. The second kappa shape index (κ2) is 5.58. The summed E-state index contributed by atoms with van der Waals surface area (Å²) >= 11 is 1.69. The highest BCUT2D eigenvalue weighted by molar-refractivity contribution is 7.18. The van der Waals surface area contributed by atoms with Crippen LogP contribution in [0, 0.1) is 5.92 Å². The number of ether oxygens (including phenoxy) is 1. The van der Waals surface area contributed by atoms with E-state index in [1.54, 1.807) is 18.4 Å². The maximum atomic E-state index is 6.18. The van der Waals surface area contributed by atoms with E-state index in [-0.39, 0.29) is 6.04 Å². The molecule has 1 aromatic heterocycles. The van der Waals surface area contributed by atoms with Crippen molar-refractivity contribution in [3.05, 3.63) is 29.3 Å². The van der Waals surface area contributed by atoms with Gasteiger partial charge in [0.25, 0.3) is 0 Å². The molecule has 0 aliphatic rings. The van der Waals surface area contributed by atoms with Crippen molar-refractivity contribution in [1.29, 1.82) is 0 Å². The number of hydrogen-bond donors (Lipinski definition) is 1. The number of benzene rings is 1. The first kappa shape index (κ1) is 12.5. The highest BCUT2D eigenvalue weighted by atomic mass is 32.1. The van der Waals surface area contributed by atoms with Crippen LogP contribution >= 0.6 is 11.3 Å². The lowest BCUT2D eigenvalue weighted by Crippen LogP contribution is -2.16. The molecule has 2 rings (SSSR count). The molecule has 0 saturated carbocycles. The van der Waals surface area contributed by atoms with E-state index in [0.29, 0.717) is 5.92 Å². The van der Waals surface area contributed by atoms with Gasteiger partial charge in [-0.05, 0) is 24.5 Å². The highest BCUT2D eigenvalue weighted by Gasteiger charge is 2.15. The molecule has 0 saturated heterocycles. The van der Waals surface area contributed by atoms with Crippen molar-refractivity contribution in [2.75, 3.05) is 13.7 Å². The van der Waals surface area contributed by atoms with Gasteiger partial charge in [0, 0.05) is 13.7 Å². The predicted octanol–water partition coefficient (Wildman–Crippen LogP) is 2.97. The Bertz CT molecular complexity index is 450. The quantitative estimate of drug-likeness (QED) is 0.887. The lowest BCUT2D eigenvalue weighted by Gasteiger charge is -2.14. The molecule has 0 bridgehead atoms. The second-order valence-electron chi connectivity index (χ2n) is 4.42. The molecule has 1 heterocycles. The number of rotatable bonds is 5. The molecule has 0 aliphatic carbocycles. The van der Waals surface area contributed by atoms with Crippen LogP contribution < -0.4 is 5.73 Å². The standard InChI is InChI=1S/C13H18N2OS/c1-9(8-16-2)7-10(14)13-15-11-5-3-4-6-12(11)17-13/h3-6,9-10H,7-8,14H2,1-2H3. The number of thiazole rings is 1. The zero-order valence-electron chi connectivity index (χ0n) is 10.2. The zero-order valence-corrected chi connectivity index (χ0v) is 11.0. The Hall–Kier alpha value is -0.970. The van der Waals surface area contributed by atoms with E-state index in [4.69, 9.17) is 10.5 Å². The molecule has 3 nitrogen and oxygen atoms in total. The van der Waals surface area contributed by atoms with Gasteiger partial charge in [0.15, 0.2) is 0 Å². The van der Waals surface area contributed by atoms with E-state index >= 15 is 0 Å². The van der Waals surface area contributed by atoms with Gasteiger partial charge in [-0.2, -0.15) is 0 Å². The van der Waals surface area contributed by atoms with E-state index in [2.05, 4.69) is 18.0 Å². The SMILES string of the molecule is COCC(C)CC(N)c1nc2ccccc2s1. The fourth-order valence-electron chi connectivity index (χ4n) is 1.94.